The number of hydrogen-bond acceptors (Lipinski definition) is 6. The number of carbonyl (C=O) groups is 1. The number of hydrogen-bond donors (Lipinski definition) is 2. The van der Waals surface area contributed by atoms with E-state index in [0.717, 1.165) is 11.3 Å². The number of ether oxygens (including phenoxy) is 1. The van der Waals surface area contributed by atoms with Gasteiger partial charge >= 0.3 is 5.97 Å². The molecule has 1 heterocycles. The number of halogens is 1. The minimum Gasteiger partial charge on any atom is -0.466 e. The SMILES string of the molecule is CC(=O)OCCc1ccc(Nc2ncnc(N)c2Cl)cc1. The molecule has 0 saturated heterocycles. The molecule has 1 aromatic heterocycles. The Balaban J connectivity index is 1.99. The van der Waals surface area contributed by atoms with E-state index in [9.17, 15) is 4.79 Å². The van der Waals surface area contributed by atoms with Crippen LogP contribution in [0, 0.1) is 0 Å². The van der Waals surface area contributed by atoms with Crippen LogP contribution in [0.2, 0.25) is 5.02 Å². The van der Waals surface area contributed by atoms with E-state index in [-0.39, 0.29) is 16.8 Å². The predicted octanol–water partition coefficient (Wildman–Crippen LogP) is 2.56. The molecule has 0 saturated carbocycles. The van der Waals surface area contributed by atoms with Crippen LogP contribution in [-0.4, -0.2) is 22.5 Å². The molecule has 110 valence electrons. The second-order valence-corrected chi connectivity index (χ2v) is 4.71. The van der Waals surface area contributed by atoms with Crippen LogP contribution in [0.15, 0.2) is 30.6 Å². The molecular formula is C14H15ClN4O2. The summed E-state index contributed by atoms with van der Waals surface area (Å²) in [6, 6.07) is 7.64. The fraction of sp³-hybridized carbons (Fsp3) is 0.214. The van der Waals surface area contributed by atoms with Crippen LogP contribution >= 0.6 is 11.6 Å². The van der Waals surface area contributed by atoms with Gasteiger partial charge in [-0.3, -0.25) is 4.79 Å². The number of benzene rings is 1. The average molecular weight is 307 g/mol. The number of rotatable bonds is 5. The summed E-state index contributed by atoms with van der Waals surface area (Å²) in [6.45, 7) is 1.76. The molecule has 0 atom stereocenters. The first-order valence-corrected chi connectivity index (χ1v) is 6.69. The van der Waals surface area contributed by atoms with E-state index in [2.05, 4.69) is 15.3 Å². The van der Waals surface area contributed by atoms with Crippen molar-refractivity contribution in [3.05, 3.63) is 41.2 Å². The van der Waals surface area contributed by atoms with Crippen molar-refractivity contribution in [3.63, 3.8) is 0 Å². The Morgan fingerprint density at radius 1 is 1.33 bits per heavy atom. The number of anilines is 3. The molecule has 0 aliphatic carbocycles. The van der Waals surface area contributed by atoms with Gasteiger partial charge in [-0.15, -0.1) is 0 Å². The van der Waals surface area contributed by atoms with Crippen LogP contribution in [0.1, 0.15) is 12.5 Å². The molecule has 0 unspecified atom stereocenters. The standard InChI is InChI=1S/C14H15ClN4O2/c1-9(20)21-7-6-10-2-4-11(5-3-10)19-14-12(15)13(16)17-8-18-14/h2-5,8H,6-7H2,1H3,(H3,16,17,18,19). The molecule has 0 aliphatic heterocycles. The largest absolute Gasteiger partial charge is 0.466 e. The molecule has 7 heteroatoms. The van der Waals surface area contributed by atoms with Crippen LogP contribution in [0.4, 0.5) is 17.3 Å². The fourth-order valence-corrected chi connectivity index (χ4v) is 1.82. The maximum absolute atomic E-state index is 10.7. The van der Waals surface area contributed by atoms with Crippen molar-refractivity contribution in [1.82, 2.24) is 9.97 Å². The maximum Gasteiger partial charge on any atom is 0.302 e. The topological polar surface area (TPSA) is 90.1 Å². The molecule has 0 spiro atoms. The van der Waals surface area contributed by atoms with E-state index in [1.165, 1.54) is 13.3 Å². The zero-order valence-corrected chi connectivity index (χ0v) is 12.2. The van der Waals surface area contributed by atoms with Crippen LogP contribution in [0.3, 0.4) is 0 Å². The highest BCUT2D eigenvalue weighted by molar-refractivity contribution is 6.35. The third-order valence-electron chi connectivity index (χ3n) is 2.73. The third kappa shape index (κ3) is 4.32. The first-order chi connectivity index (χ1) is 10.1. The number of aromatic nitrogens is 2. The Hall–Kier alpha value is -2.34. The van der Waals surface area contributed by atoms with Crippen molar-refractivity contribution in [1.29, 1.82) is 0 Å². The number of nitrogens with one attached hydrogen (secondary N) is 1. The minimum absolute atomic E-state index is 0.229. The zero-order chi connectivity index (χ0) is 15.2. The lowest BCUT2D eigenvalue weighted by Gasteiger charge is -2.09. The highest BCUT2D eigenvalue weighted by Crippen LogP contribution is 2.26. The van der Waals surface area contributed by atoms with Gasteiger partial charge in [-0.2, -0.15) is 0 Å². The summed E-state index contributed by atoms with van der Waals surface area (Å²) in [5.74, 6) is 0.410. The quantitative estimate of drug-likeness (QED) is 0.825. The van der Waals surface area contributed by atoms with Crippen molar-refractivity contribution in [2.45, 2.75) is 13.3 Å². The van der Waals surface area contributed by atoms with Crippen LogP contribution in [-0.2, 0) is 16.0 Å². The Morgan fingerprint density at radius 2 is 2.05 bits per heavy atom. The maximum atomic E-state index is 10.7. The number of nitrogens with zero attached hydrogens (tertiary/aromatic N) is 2. The predicted molar refractivity (Wildman–Crippen MR) is 81.5 cm³/mol. The summed E-state index contributed by atoms with van der Waals surface area (Å²) in [4.78, 5) is 18.5. The van der Waals surface area contributed by atoms with E-state index in [0.29, 0.717) is 18.8 Å². The van der Waals surface area contributed by atoms with Crippen molar-refractivity contribution in [2.75, 3.05) is 17.7 Å². The van der Waals surface area contributed by atoms with Gasteiger partial charge in [0.25, 0.3) is 0 Å². The summed E-state index contributed by atoms with van der Waals surface area (Å²) in [6.07, 6.45) is 2.01. The normalized spacial score (nSPS) is 10.2. The van der Waals surface area contributed by atoms with Gasteiger partial charge < -0.3 is 15.8 Å². The van der Waals surface area contributed by atoms with Gasteiger partial charge in [0, 0.05) is 19.0 Å². The number of nitrogens with two attached hydrogens (primary N) is 1. The van der Waals surface area contributed by atoms with Crippen molar-refractivity contribution >= 4 is 34.9 Å². The number of carbonyl (C=O) groups excluding carboxylic acids is 1. The summed E-state index contributed by atoms with van der Waals surface area (Å²) < 4.78 is 4.90. The highest BCUT2D eigenvalue weighted by atomic mass is 35.5. The fourth-order valence-electron chi connectivity index (χ4n) is 1.67. The molecule has 1 aromatic carbocycles. The molecule has 0 amide bonds. The second kappa shape index (κ2) is 6.90. The van der Waals surface area contributed by atoms with Crippen LogP contribution in [0.5, 0.6) is 0 Å². The summed E-state index contributed by atoms with van der Waals surface area (Å²) in [5.41, 5.74) is 7.50. The number of esters is 1. The van der Waals surface area contributed by atoms with Gasteiger partial charge in [0.15, 0.2) is 5.82 Å². The molecule has 0 bridgehead atoms. The lowest BCUT2D eigenvalue weighted by atomic mass is 10.1. The second-order valence-electron chi connectivity index (χ2n) is 4.33. The van der Waals surface area contributed by atoms with E-state index in [1.807, 2.05) is 24.3 Å². The Morgan fingerprint density at radius 3 is 2.71 bits per heavy atom. The van der Waals surface area contributed by atoms with Gasteiger partial charge in [-0.25, -0.2) is 9.97 Å². The van der Waals surface area contributed by atoms with Gasteiger partial charge in [0.2, 0.25) is 0 Å². The lowest BCUT2D eigenvalue weighted by Crippen LogP contribution is -2.03. The molecule has 3 N–H and O–H groups in total. The molecule has 6 nitrogen and oxygen atoms in total. The summed E-state index contributed by atoms with van der Waals surface area (Å²) in [5, 5.41) is 3.35. The molecular weight excluding hydrogens is 292 g/mol. The molecule has 0 radical (unpaired) electrons. The van der Waals surface area contributed by atoms with E-state index in [1.54, 1.807) is 0 Å². The Kier molecular flexibility index (Phi) is 4.94. The molecule has 21 heavy (non-hydrogen) atoms. The molecule has 2 aromatic rings. The van der Waals surface area contributed by atoms with Crippen molar-refractivity contribution in [2.24, 2.45) is 0 Å². The lowest BCUT2D eigenvalue weighted by molar-refractivity contribution is -0.140. The molecule has 0 fully saturated rings. The van der Waals surface area contributed by atoms with Gasteiger partial charge in [0.05, 0.1) is 6.61 Å². The molecule has 0 aliphatic rings. The van der Waals surface area contributed by atoms with E-state index < -0.39 is 0 Å². The van der Waals surface area contributed by atoms with Gasteiger partial charge in [0.1, 0.15) is 17.2 Å². The van der Waals surface area contributed by atoms with Gasteiger partial charge in [-0.1, -0.05) is 23.7 Å². The van der Waals surface area contributed by atoms with E-state index >= 15 is 0 Å². The molecule has 2 rings (SSSR count). The summed E-state index contributed by atoms with van der Waals surface area (Å²) in [7, 11) is 0. The van der Waals surface area contributed by atoms with Crippen LogP contribution < -0.4 is 11.1 Å². The Labute approximate surface area is 127 Å². The van der Waals surface area contributed by atoms with Crippen molar-refractivity contribution < 1.29 is 9.53 Å². The highest BCUT2D eigenvalue weighted by Gasteiger charge is 2.06. The third-order valence-corrected chi connectivity index (χ3v) is 3.10. The van der Waals surface area contributed by atoms with Crippen molar-refractivity contribution in [3.8, 4) is 0 Å². The number of nitrogen functional groups attached to an aromatic ring is 1. The Bertz CT molecular complexity index is 631. The minimum atomic E-state index is -0.274. The first kappa shape index (κ1) is 15.1. The first-order valence-electron chi connectivity index (χ1n) is 6.31. The smallest absolute Gasteiger partial charge is 0.302 e. The van der Waals surface area contributed by atoms with Gasteiger partial charge in [-0.05, 0) is 17.7 Å². The monoisotopic (exact) mass is 306 g/mol. The zero-order valence-electron chi connectivity index (χ0n) is 11.5. The van der Waals surface area contributed by atoms with E-state index in [4.69, 9.17) is 22.1 Å². The van der Waals surface area contributed by atoms with Crippen LogP contribution in [0.25, 0.3) is 0 Å². The summed E-state index contributed by atoms with van der Waals surface area (Å²) >= 11 is 6.01. The average Bonchev–Trinajstić information content (AvgIpc) is 2.45.